The van der Waals surface area contributed by atoms with Crippen molar-refractivity contribution < 1.29 is 9.72 Å². The van der Waals surface area contributed by atoms with E-state index in [0.717, 1.165) is 5.56 Å². The summed E-state index contributed by atoms with van der Waals surface area (Å²) in [5.41, 5.74) is 2.05. The Bertz CT molecular complexity index is 802. The molecule has 0 aromatic heterocycles. The SMILES string of the molecule is O=C1NC(c2ccc(Cl)cc2)=CC(c2cccc([N+](=O)[O-])c2)N1. The molecule has 2 aromatic rings. The zero-order chi connectivity index (χ0) is 16.4. The molecule has 1 heterocycles. The van der Waals surface area contributed by atoms with Gasteiger partial charge in [-0.1, -0.05) is 35.9 Å². The molecule has 23 heavy (non-hydrogen) atoms. The second kappa shape index (κ2) is 6.10. The maximum absolute atomic E-state index is 11.9. The third-order valence-corrected chi connectivity index (χ3v) is 3.72. The number of amides is 2. The second-order valence-corrected chi connectivity index (χ2v) is 5.45. The normalized spacial score (nSPS) is 17.0. The average molecular weight is 330 g/mol. The highest BCUT2D eigenvalue weighted by molar-refractivity contribution is 6.30. The first kappa shape index (κ1) is 15.1. The molecule has 3 rings (SSSR count). The predicted octanol–water partition coefficient (Wildman–Crippen LogP) is 3.64. The number of nitrogens with one attached hydrogen (secondary N) is 2. The number of hydrogen-bond donors (Lipinski definition) is 2. The number of nitro groups is 1. The van der Waals surface area contributed by atoms with E-state index in [0.29, 0.717) is 16.3 Å². The van der Waals surface area contributed by atoms with Gasteiger partial charge in [0.05, 0.1) is 11.0 Å². The first-order valence-electron chi connectivity index (χ1n) is 6.82. The molecule has 1 aliphatic rings. The van der Waals surface area contributed by atoms with Crippen molar-refractivity contribution in [3.8, 4) is 0 Å². The van der Waals surface area contributed by atoms with E-state index in [-0.39, 0.29) is 11.7 Å². The second-order valence-electron chi connectivity index (χ2n) is 5.02. The summed E-state index contributed by atoms with van der Waals surface area (Å²) in [5.74, 6) is 0. The molecule has 1 unspecified atom stereocenters. The largest absolute Gasteiger partial charge is 0.327 e. The number of halogens is 1. The van der Waals surface area contributed by atoms with Crippen LogP contribution in [0.2, 0.25) is 5.02 Å². The quantitative estimate of drug-likeness (QED) is 0.666. The Morgan fingerprint density at radius 1 is 1.13 bits per heavy atom. The number of carbonyl (C=O) groups is 1. The van der Waals surface area contributed by atoms with Gasteiger partial charge >= 0.3 is 6.03 Å². The molecule has 0 saturated carbocycles. The summed E-state index contributed by atoms with van der Waals surface area (Å²) in [6, 6.07) is 12.4. The van der Waals surface area contributed by atoms with Crippen molar-refractivity contribution in [3.63, 3.8) is 0 Å². The van der Waals surface area contributed by atoms with Crippen molar-refractivity contribution in [3.05, 3.63) is 80.9 Å². The van der Waals surface area contributed by atoms with Crippen molar-refractivity contribution in [1.82, 2.24) is 10.6 Å². The van der Waals surface area contributed by atoms with E-state index < -0.39 is 11.0 Å². The van der Waals surface area contributed by atoms with Crippen LogP contribution in [0, 0.1) is 10.1 Å². The lowest BCUT2D eigenvalue weighted by Crippen LogP contribution is -2.40. The summed E-state index contributed by atoms with van der Waals surface area (Å²) in [6.45, 7) is 0. The van der Waals surface area contributed by atoms with Gasteiger partial charge in [0.2, 0.25) is 0 Å². The van der Waals surface area contributed by atoms with Crippen molar-refractivity contribution in [2.75, 3.05) is 0 Å². The van der Waals surface area contributed by atoms with Gasteiger partial charge in [-0.2, -0.15) is 0 Å². The highest BCUT2D eigenvalue weighted by atomic mass is 35.5. The number of carbonyl (C=O) groups excluding carboxylic acids is 1. The summed E-state index contributed by atoms with van der Waals surface area (Å²) in [5, 5.41) is 17.0. The molecule has 0 fully saturated rings. The molecule has 1 aliphatic heterocycles. The molecular formula is C16H12ClN3O3. The van der Waals surface area contributed by atoms with Gasteiger partial charge in [0.25, 0.3) is 5.69 Å². The van der Waals surface area contributed by atoms with E-state index in [9.17, 15) is 14.9 Å². The fourth-order valence-corrected chi connectivity index (χ4v) is 2.48. The van der Waals surface area contributed by atoms with Crippen LogP contribution in [0.5, 0.6) is 0 Å². The lowest BCUT2D eigenvalue weighted by molar-refractivity contribution is -0.384. The van der Waals surface area contributed by atoms with Crippen LogP contribution < -0.4 is 10.6 Å². The minimum absolute atomic E-state index is 0.0169. The fraction of sp³-hybridized carbons (Fsp3) is 0.0625. The number of hydrogen-bond acceptors (Lipinski definition) is 3. The van der Waals surface area contributed by atoms with E-state index in [4.69, 9.17) is 11.6 Å². The minimum Gasteiger partial charge on any atom is -0.327 e. The minimum atomic E-state index is -0.462. The Balaban J connectivity index is 1.97. The molecule has 116 valence electrons. The van der Waals surface area contributed by atoms with Gasteiger partial charge < -0.3 is 10.6 Å². The van der Waals surface area contributed by atoms with Crippen LogP contribution in [0.3, 0.4) is 0 Å². The number of benzene rings is 2. The number of non-ortho nitro benzene ring substituents is 1. The fourth-order valence-electron chi connectivity index (χ4n) is 2.36. The van der Waals surface area contributed by atoms with Crippen LogP contribution in [0.1, 0.15) is 17.2 Å². The van der Waals surface area contributed by atoms with Crippen molar-refractivity contribution in [1.29, 1.82) is 0 Å². The zero-order valence-electron chi connectivity index (χ0n) is 11.8. The molecule has 1 atom stereocenters. The maximum Gasteiger partial charge on any atom is 0.319 e. The summed E-state index contributed by atoms with van der Waals surface area (Å²) >= 11 is 5.87. The van der Waals surface area contributed by atoms with Crippen LogP contribution in [0.4, 0.5) is 10.5 Å². The van der Waals surface area contributed by atoms with Gasteiger partial charge in [-0.15, -0.1) is 0 Å². The summed E-state index contributed by atoms with van der Waals surface area (Å²) in [4.78, 5) is 22.3. The Hall–Kier alpha value is -2.86. The topological polar surface area (TPSA) is 84.3 Å². The first-order chi connectivity index (χ1) is 11.0. The molecule has 0 saturated heterocycles. The standard InChI is InChI=1S/C16H12ClN3O3/c17-12-6-4-10(5-7-12)14-9-15(19-16(21)18-14)11-2-1-3-13(8-11)20(22)23/h1-9,15H,(H2,18,19,21). The zero-order valence-corrected chi connectivity index (χ0v) is 12.6. The van der Waals surface area contributed by atoms with Crippen molar-refractivity contribution in [2.45, 2.75) is 6.04 Å². The van der Waals surface area contributed by atoms with Crippen molar-refractivity contribution >= 4 is 29.0 Å². The van der Waals surface area contributed by atoms with Crippen LogP contribution in [0.15, 0.2) is 54.6 Å². The van der Waals surface area contributed by atoms with E-state index in [1.54, 1.807) is 36.4 Å². The molecule has 0 radical (unpaired) electrons. The highest BCUT2D eigenvalue weighted by Crippen LogP contribution is 2.26. The third-order valence-electron chi connectivity index (χ3n) is 3.46. The molecule has 0 spiro atoms. The van der Waals surface area contributed by atoms with E-state index in [1.165, 1.54) is 12.1 Å². The van der Waals surface area contributed by atoms with Gasteiger partial charge in [0.15, 0.2) is 0 Å². The van der Waals surface area contributed by atoms with Crippen LogP contribution in [-0.2, 0) is 0 Å². The van der Waals surface area contributed by atoms with Gasteiger partial charge in [0.1, 0.15) is 0 Å². The van der Waals surface area contributed by atoms with E-state index >= 15 is 0 Å². The number of nitro benzene ring substituents is 1. The molecule has 0 bridgehead atoms. The smallest absolute Gasteiger partial charge is 0.319 e. The number of rotatable bonds is 3. The van der Waals surface area contributed by atoms with Crippen molar-refractivity contribution in [2.24, 2.45) is 0 Å². The number of urea groups is 1. The first-order valence-corrected chi connectivity index (χ1v) is 7.20. The van der Waals surface area contributed by atoms with Gasteiger partial charge in [-0.05, 0) is 29.3 Å². The molecule has 2 N–H and O–H groups in total. The molecule has 2 amide bonds. The molecular weight excluding hydrogens is 318 g/mol. The summed E-state index contributed by atoms with van der Waals surface area (Å²) in [6.07, 6.45) is 1.81. The van der Waals surface area contributed by atoms with E-state index in [2.05, 4.69) is 10.6 Å². The Morgan fingerprint density at radius 3 is 2.57 bits per heavy atom. The van der Waals surface area contributed by atoms with Crippen LogP contribution in [-0.4, -0.2) is 11.0 Å². The maximum atomic E-state index is 11.9. The molecule has 2 aromatic carbocycles. The molecule has 6 nitrogen and oxygen atoms in total. The average Bonchev–Trinajstić information content (AvgIpc) is 2.55. The number of nitrogens with zero attached hydrogens (tertiary/aromatic N) is 1. The van der Waals surface area contributed by atoms with Gasteiger partial charge in [-0.3, -0.25) is 10.1 Å². The highest BCUT2D eigenvalue weighted by Gasteiger charge is 2.21. The molecule has 0 aliphatic carbocycles. The lowest BCUT2D eigenvalue weighted by Gasteiger charge is -2.24. The Labute approximate surface area is 136 Å². The lowest BCUT2D eigenvalue weighted by atomic mass is 10.0. The Kier molecular flexibility index (Phi) is 3.99. The van der Waals surface area contributed by atoms with Crippen LogP contribution >= 0.6 is 11.6 Å². The third kappa shape index (κ3) is 3.32. The van der Waals surface area contributed by atoms with E-state index in [1.807, 2.05) is 6.08 Å². The molecule has 7 heteroatoms. The van der Waals surface area contributed by atoms with Crippen LogP contribution in [0.25, 0.3) is 5.70 Å². The predicted molar refractivity (Wildman–Crippen MR) is 86.9 cm³/mol. The Morgan fingerprint density at radius 2 is 1.87 bits per heavy atom. The van der Waals surface area contributed by atoms with Gasteiger partial charge in [-0.25, -0.2) is 4.79 Å². The van der Waals surface area contributed by atoms with Gasteiger partial charge in [0, 0.05) is 22.9 Å². The monoisotopic (exact) mass is 329 g/mol. The summed E-state index contributed by atoms with van der Waals surface area (Å²) in [7, 11) is 0. The summed E-state index contributed by atoms with van der Waals surface area (Å²) < 4.78 is 0.